The van der Waals surface area contributed by atoms with Crippen LogP contribution in [0.3, 0.4) is 0 Å². The number of benzene rings is 1. The zero-order valence-corrected chi connectivity index (χ0v) is 13.9. The number of piperidine rings is 1. The molecule has 2 heterocycles. The summed E-state index contributed by atoms with van der Waals surface area (Å²) < 4.78 is 1.13. The smallest absolute Gasteiger partial charge is 0.0417 e. The lowest BCUT2D eigenvalue weighted by molar-refractivity contribution is 0.142. The van der Waals surface area contributed by atoms with Crippen LogP contribution in [-0.4, -0.2) is 31.1 Å². The molecule has 1 aromatic carbocycles. The molecule has 2 saturated heterocycles. The zero-order valence-electron chi connectivity index (χ0n) is 10.7. The van der Waals surface area contributed by atoms with Gasteiger partial charge in [0.25, 0.3) is 0 Å². The molecular weight excluding hydrogens is 347 g/mol. The highest BCUT2D eigenvalue weighted by atomic mass is 79.9. The summed E-state index contributed by atoms with van der Waals surface area (Å²) in [6.07, 6.45) is 1.34. The lowest BCUT2D eigenvalue weighted by atomic mass is 9.88. The van der Waals surface area contributed by atoms with E-state index < -0.39 is 0 Å². The molecule has 0 aromatic heterocycles. The van der Waals surface area contributed by atoms with Crippen molar-refractivity contribution in [3.8, 4) is 0 Å². The Bertz CT molecular complexity index is 441. The Morgan fingerprint density at radius 1 is 1.32 bits per heavy atom. The fourth-order valence-corrected chi connectivity index (χ4v) is 3.95. The predicted molar refractivity (Wildman–Crippen MR) is 86.1 cm³/mol. The maximum atomic E-state index is 5.98. The van der Waals surface area contributed by atoms with Crippen LogP contribution in [0, 0.1) is 11.8 Å². The van der Waals surface area contributed by atoms with Gasteiger partial charge in [-0.1, -0.05) is 33.6 Å². The van der Waals surface area contributed by atoms with Crippen LogP contribution in [0.4, 0.5) is 0 Å². The zero-order chi connectivity index (χ0) is 12.5. The maximum Gasteiger partial charge on any atom is 0.0417 e. The second kappa shape index (κ2) is 6.77. The highest BCUT2D eigenvalue weighted by molar-refractivity contribution is 9.10. The molecule has 2 unspecified atom stereocenters. The fraction of sp³-hybridized carbons (Fsp3) is 0.571. The van der Waals surface area contributed by atoms with Crippen LogP contribution < -0.4 is 5.32 Å². The van der Waals surface area contributed by atoms with E-state index in [-0.39, 0.29) is 12.4 Å². The van der Waals surface area contributed by atoms with Crippen molar-refractivity contribution in [1.29, 1.82) is 0 Å². The third kappa shape index (κ3) is 3.64. The number of fused-ring (bicyclic) bond motifs is 1. The van der Waals surface area contributed by atoms with E-state index in [1.54, 1.807) is 0 Å². The molecule has 2 aliphatic rings. The Morgan fingerprint density at radius 2 is 2.11 bits per heavy atom. The Balaban J connectivity index is 0.00000133. The molecule has 19 heavy (non-hydrogen) atoms. The molecule has 2 nitrogen and oxygen atoms in total. The molecule has 0 spiro atoms. The normalized spacial score (nSPS) is 26.8. The van der Waals surface area contributed by atoms with Crippen LogP contribution in [0.1, 0.15) is 12.0 Å². The van der Waals surface area contributed by atoms with Gasteiger partial charge in [0.15, 0.2) is 0 Å². The van der Waals surface area contributed by atoms with Crippen molar-refractivity contribution >= 4 is 39.9 Å². The Morgan fingerprint density at radius 3 is 2.89 bits per heavy atom. The van der Waals surface area contributed by atoms with Crippen molar-refractivity contribution in [3.63, 3.8) is 0 Å². The van der Waals surface area contributed by atoms with Gasteiger partial charge in [-0.15, -0.1) is 12.4 Å². The average molecular weight is 366 g/mol. The van der Waals surface area contributed by atoms with E-state index in [1.165, 1.54) is 38.2 Å². The minimum absolute atomic E-state index is 0. The van der Waals surface area contributed by atoms with Gasteiger partial charge in [-0.2, -0.15) is 0 Å². The molecular formula is C14H19BrCl2N2. The highest BCUT2D eigenvalue weighted by Crippen LogP contribution is 2.29. The van der Waals surface area contributed by atoms with E-state index in [4.69, 9.17) is 11.6 Å². The number of hydrogen-bond donors (Lipinski definition) is 1. The third-order valence-corrected chi connectivity index (χ3v) is 5.17. The van der Waals surface area contributed by atoms with Crippen LogP contribution in [0.15, 0.2) is 22.7 Å². The van der Waals surface area contributed by atoms with E-state index in [1.807, 2.05) is 12.1 Å². The van der Waals surface area contributed by atoms with Gasteiger partial charge in [-0.25, -0.2) is 0 Å². The molecule has 5 heteroatoms. The lowest BCUT2D eigenvalue weighted by Crippen LogP contribution is -2.39. The largest absolute Gasteiger partial charge is 0.316 e. The summed E-state index contributed by atoms with van der Waals surface area (Å²) in [6.45, 7) is 5.90. The number of halogens is 3. The topological polar surface area (TPSA) is 15.3 Å². The first kappa shape index (κ1) is 15.6. The first-order valence-electron chi connectivity index (χ1n) is 6.59. The number of hydrogen-bond acceptors (Lipinski definition) is 2. The van der Waals surface area contributed by atoms with Gasteiger partial charge in [0.1, 0.15) is 0 Å². The summed E-state index contributed by atoms with van der Waals surface area (Å²) in [5.74, 6) is 1.76. The van der Waals surface area contributed by atoms with E-state index in [0.717, 1.165) is 27.9 Å². The molecule has 2 atom stereocenters. The van der Waals surface area contributed by atoms with Gasteiger partial charge in [-0.3, -0.25) is 4.90 Å². The summed E-state index contributed by atoms with van der Waals surface area (Å²) in [6, 6.07) is 6.09. The molecule has 1 N–H and O–H groups in total. The summed E-state index contributed by atoms with van der Waals surface area (Å²) >= 11 is 9.59. The second-order valence-corrected chi connectivity index (χ2v) is 6.73. The molecule has 106 valence electrons. The Kier molecular flexibility index (Phi) is 5.55. The van der Waals surface area contributed by atoms with Gasteiger partial charge in [0.05, 0.1) is 0 Å². The van der Waals surface area contributed by atoms with Crippen LogP contribution in [0.5, 0.6) is 0 Å². The number of rotatable bonds is 2. The molecule has 0 aliphatic carbocycles. The second-order valence-electron chi connectivity index (χ2n) is 5.44. The average Bonchev–Trinajstić information content (AvgIpc) is 2.80. The lowest BCUT2D eigenvalue weighted by Gasteiger charge is -2.34. The van der Waals surface area contributed by atoms with Crippen LogP contribution in [0.25, 0.3) is 0 Å². The van der Waals surface area contributed by atoms with E-state index in [2.05, 4.69) is 32.2 Å². The molecule has 3 rings (SSSR count). The molecule has 2 fully saturated rings. The third-order valence-electron chi connectivity index (χ3n) is 4.20. The molecule has 0 saturated carbocycles. The summed E-state index contributed by atoms with van der Waals surface area (Å²) in [5.41, 5.74) is 1.34. The standard InChI is InChI=1S/C14H18BrClN2.ClH/c15-14-5-13(16)2-1-11(14)8-18-4-3-10-6-17-7-12(10)9-18;/h1-2,5,10,12,17H,3-4,6-9H2;1H. The van der Waals surface area contributed by atoms with Crippen molar-refractivity contribution in [2.24, 2.45) is 11.8 Å². The van der Waals surface area contributed by atoms with Gasteiger partial charge < -0.3 is 5.32 Å². The molecule has 0 bridgehead atoms. The van der Waals surface area contributed by atoms with Crippen molar-refractivity contribution in [3.05, 3.63) is 33.3 Å². The number of nitrogens with one attached hydrogen (secondary N) is 1. The van der Waals surface area contributed by atoms with E-state index in [9.17, 15) is 0 Å². The Labute approximate surface area is 134 Å². The van der Waals surface area contributed by atoms with Crippen molar-refractivity contribution in [2.45, 2.75) is 13.0 Å². The molecule has 0 radical (unpaired) electrons. The monoisotopic (exact) mass is 364 g/mol. The molecule has 0 amide bonds. The highest BCUT2D eigenvalue weighted by Gasteiger charge is 2.32. The van der Waals surface area contributed by atoms with Gasteiger partial charge in [0.2, 0.25) is 0 Å². The van der Waals surface area contributed by atoms with Crippen LogP contribution in [0.2, 0.25) is 5.02 Å². The summed E-state index contributed by atoms with van der Waals surface area (Å²) in [5, 5.41) is 4.31. The minimum Gasteiger partial charge on any atom is -0.316 e. The Hall–Kier alpha value is 0.200. The van der Waals surface area contributed by atoms with Crippen LogP contribution >= 0.6 is 39.9 Å². The van der Waals surface area contributed by atoms with E-state index in [0.29, 0.717) is 0 Å². The van der Waals surface area contributed by atoms with Crippen molar-refractivity contribution in [1.82, 2.24) is 10.2 Å². The molecule has 2 aliphatic heterocycles. The fourth-order valence-electron chi connectivity index (χ4n) is 3.14. The van der Waals surface area contributed by atoms with E-state index >= 15 is 0 Å². The van der Waals surface area contributed by atoms with Crippen molar-refractivity contribution in [2.75, 3.05) is 26.2 Å². The first-order chi connectivity index (χ1) is 8.72. The molecule has 1 aromatic rings. The van der Waals surface area contributed by atoms with Gasteiger partial charge in [-0.05, 0) is 55.6 Å². The van der Waals surface area contributed by atoms with Gasteiger partial charge >= 0.3 is 0 Å². The number of likely N-dealkylation sites (tertiary alicyclic amines) is 1. The van der Waals surface area contributed by atoms with Crippen LogP contribution in [-0.2, 0) is 6.54 Å². The number of nitrogens with zero attached hydrogens (tertiary/aromatic N) is 1. The quantitative estimate of drug-likeness (QED) is 0.861. The minimum atomic E-state index is 0. The van der Waals surface area contributed by atoms with Crippen molar-refractivity contribution < 1.29 is 0 Å². The SMILES string of the molecule is Cl.Clc1ccc(CN2CCC3CNCC3C2)c(Br)c1. The van der Waals surface area contributed by atoms with Gasteiger partial charge in [0, 0.05) is 22.6 Å². The first-order valence-corrected chi connectivity index (χ1v) is 7.76. The maximum absolute atomic E-state index is 5.98. The summed E-state index contributed by atoms with van der Waals surface area (Å²) in [4.78, 5) is 2.57. The summed E-state index contributed by atoms with van der Waals surface area (Å²) in [7, 11) is 0. The predicted octanol–water partition coefficient (Wildman–Crippen LogP) is 3.57.